The molecule has 0 atom stereocenters. The fraction of sp³-hybridized carbons (Fsp3) is 0.192. The lowest BCUT2D eigenvalue weighted by Crippen LogP contribution is -2.46. The third-order valence-corrected chi connectivity index (χ3v) is 6.21. The zero-order valence-corrected chi connectivity index (χ0v) is 18.3. The van der Waals surface area contributed by atoms with Crippen LogP contribution in [0.15, 0.2) is 69.9 Å². The van der Waals surface area contributed by atoms with Crippen LogP contribution in [0.2, 0.25) is 0 Å². The van der Waals surface area contributed by atoms with E-state index in [-0.39, 0.29) is 39.7 Å². The monoisotopic (exact) mass is 460 g/mol. The first-order valence-electron chi connectivity index (χ1n) is 11.0. The summed E-state index contributed by atoms with van der Waals surface area (Å²) in [6, 6.07) is 16.1. The van der Waals surface area contributed by atoms with Gasteiger partial charge in [-0.3, -0.25) is 9.69 Å². The van der Waals surface area contributed by atoms with Gasteiger partial charge in [0, 0.05) is 44.9 Å². The molecule has 0 amide bonds. The lowest BCUT2D eigenvalue weighted by atomic mass is 10.1. The molecule has 0 saturated carbocycles. The van der Waals surface area contributed by atoms with E-state index in [2.05, 4.69) is 9.80 Å². The van der Waals surface area contributed by atoms with Crippen LogP contribution in [0.5, 0.6) is 23.0 Å². The lowest BCUT2D eigenvalue weighted by Gasteiger charge is -2.36. The molecule has 174 valence electrons. The number of fused-ring (bicyclic) bond motifs is 1. The number of aromatic hydroxyl groups is 4. The van der Waals surface area contributed by atoms with Crippen molar-refractivity contribution in [2.24, 2.45) is 0 Å². The Morgan fingerprint density at radius 2 is 1.44 bits per heavy atom. The molecule has 0 radical (unpaired) electrons. The van der Waals surface area contributed by atoms with Crippen molar-refractivity contribution >= 4 is 16.7 Å². The Labute approximate surface area is 195 Å². The number of anilines is 1. The Hall–Kier alpha value is -4.17. The average Bonchev–Trinajstić information content (AvgIpc) is 2.82. The molecule has 1 fully saturated rings. The minimum Gasteiger partial charge on any atom is -0.507 e. The Kier molecular flexibility index (Phi) is 5.51. The Morgan fingerprint density at radius 3 is 2.15 bits per heavy atom. The first-order valence-corrected chi connectivity index (χ1v) is 11.0. The van der Waals surface area contributed by atoms with Gasteiger partial charge in [0.15, 0.2) is 11.0 Å². The minimum absolute atomic E-state index is 0.0141. The van der Waals surface area contributed by atoms with Gasteiger partial charge < -0.3 is 29.7 Å². The molecule has 0 unspecified atom stereocenters. The second kappa shape index (κ2) is 8.64. The highest BCUT2D eigenvalue weighted by molar-refractivity contribution is 5.89. The van der Waals surface area contributed by atoms with Crippen molar-refractivity contribution in [3.8, 4) is 34.3 Å². The molecule has 1 aliphatic heterocycles. The standard InChI is InChI=1S/C26H24N2O6/c29-19-7-3-1-5-16(19)24-14-23(33)25-22(32)13-21(31)17(26(25)34-24)15-27-9-11-28(12-10-27)18-6-2-4-8-20(18)30/h1-8,13-14,29-32H,9-12,15H2. The van der Waals surface area contributed by atoms with E-state index in [9.17, 15) is 25.2 Å². The highest BCUT2D eigenvalue weighted by Gasteiger charge is 2.24. The van der Waals surface area contributed by atoms with E-state index in [4.69, 9.17) is 4.42 Å². The van der Waals surface area contributed by atoms with Crippen molar-refractivity contribution in [2.45, 2.75) is 6.54 Å². The summed E-state index contributed by atoms with van der Waals surface area (Å²) in [6.07, 6.45) is 0. The smallest absolute Gasteiger partial charge is 0.197 e. The van der Waals surface area contributed by atoms with Crippen molar-refractivity contribution in [1.82, 2.24) is 4.90 Å². The summed E-state index contributed by atoms with van der Waals surface area (Å²) >= 11 is 0. The number of rotatable bonds is 4. The molecule has 0 bridgehead atoms. The first-order chi connectivity index (χ1) is 16.4. The third-order valence-electron chi connectivity index (χ3n) is 6.21. The fourth-order valence-electron chi connectivity index (χ4n) is 4.42. The SMILES string of the molecule is O=c1cc(-c2ccccc2O)oc2c(CN3CCN(c4ccccc4O)CC3)c(O)cc(O)c12. The van der Waals surface area contributed by atoms with Crippen LogP contribution in [0.4, 0.5) is 5.69 Å². The van der Waals surface area contributed by atoms with E-state index in [1.807, 2.05) is 12.1 Å². The summed E-state index contributed by atoms with van der Waals surface area (Å²) in [5.41, 5.74) is 1.12. The molecule has 8 heteroatoms. The van der Waals surface area contributed by atoms with E-state index < -0.39 is 5.43 Å². The van der Waals surface area contributed by atoms with E-state index >= 15 is 0 Å². The molecule has 1 aliphatic rings. The van der Waals surface area contributed by atoms with Crippen molar-refractivity contribution in [2.75, 3.05) is 31.1 Å². The van der Waals surface area contributed by atoms with Gasteiger partial charge in [0.1, 0.15) is 34.1 Å². The van der Waals surface area contributed by atoms with Crippen LogP contribution < -0.4 is 10.3 Å². The lowest BCUT2D eigenvalue weighted by molar-refractivity contribution is 0.246. The molecule has 4 N–H and O–H groups in total. The zero-order chi connectivity index (χ0) is 23.8. The maximum Gasteiger partial charge on any atom is 0.197 e. The van der Waals surface area contributed by atoms with Gasteiger partial charge >= 0.3 is 0 Å². The number of hydrogen-bond donors (Lipinski definition) is 4. The molecule has 8 nitrogen and oxygen atoms in total. The first kappa shape index (κ1) is 21.7. The van der Waals surface area contributed by atoms with Gasteiger partial charge in [-0.05, 0) is 24.3 Å². The number of para-hydroxylation sites is 3. The summed E-state index contributed by atoms with van der Waals surface area (Å²) in [4.78, 5) is 17.1. The van der Waals surface area contributed by atoms with E-state index in [1.165, 1.54) is 12.1 Å². The van der Waals surface area contributed by atoms with Crippen LogP contribution in [0.1, 0.15) is 5.56 Å². The highest BCUT2D eigenvalue weighted by atomic mass is 16.3. The van der Waals surface area contributed by atoms with Crippen molar-refractivity contribution in [3.63, 3.8) is 0 Å². The van der Waals surface area contributed by atoms with Gasteiger partial charge in [0.25, 0.3) is 0 Å². The maximum atomic E-state index is 12.9. The van der Waals surface area contributed by atoms with Gasteiger partial charge in [0.2, 0.25) is 0 Å². The maximum absolute atomic E-state index is 12.9. The normalized spacial score (nSPS) is 14.5. The molecular weight excluding hydrogens is 436 g/mol. The molecule has 3 aromatic carbocycles. The minimum atomic E-state index is -0.470. The largest absolute Gasteiger partial charge is 0.507 e. The van der Waals surface area contributed by atoms with Gasteiger partial charge in [-0.25, -0.2) is 0 Å². The highest BCUT2D eigenvalue weighted by Crippen LogP contribution is 2.37. The quantitative estimate of drug-likeness (QED) is 0.365. The molecule has 0 aliphatic carbocycles. The molecule has 2 heterocycles. The Bertz CT molecular complexity index is 1420. The van der Waals surface area contributed by atoms with Crippen molar-refractivity contribution in [1.29, 1.82) is 0 Å². The average molecular weight is 460 g/mol. The van der Waals surface area contributed by atoms with Crippen molar-refractivity contribution < 1.29 is 24.8 Å². The van der Waals surface area contributed by atoms with Crippen LogP contribution in [0, 0.1) is 0 Å². The van der Waals surface area contributed by atoms with Gasteiger partial charge in [0.05, 0.1) is 16.8 Å². The summed E-state index contributed by atoms with van der Waals surface area (Å²) in [6.45, 7) is 2.94. The topological polar surface area (TPSA) is 118 Å². The summed E-state index contributed by atoms with van der Waals surface area (Å²) in [5.74, 6) is -0.206. The number of hydrogen-bond acceptors (Lipinski definition) is 8. The second-order valence-corrected chi connectivity index (χ2v) is 8.34. The Morgan fingerprint density at radius 1 is 0.765 bits per heavy atom. The predicted octanol–water partition coefficient (Wildman–Crippen LogP) is 3.60. The predicted molar refractivity (Wildman–Crippen MR) is 129 cm³/mol. The zero-order valence-electron chi connectivity index (χ0n) is 18.3. The van der Waals surface area contributed by atoms with Gasteiger partial charge in [-0.2, -0.15) is 0 Å². The second-order valence-electron chi connectivity index (χ2n) is 8.34. The molecular formula is C26H24N2O6. The number of benzene rings is 3. The van der Waals surface area contributed by atoms with Crippen molar-refractivity contribution in [3.05, 3.63) is 76.5 Å². The third kappa shape index (κ3) is 3.88. The van der Waals surface area contributed by atoms with E-state index in [0.29, 0.717) is 43.9 Å². The molecule has 4 aromatic rings. The summed E-state index contributed by atoms with van der Waals surface area (Å²) < 4.78 is 6.00. The molecule has 0 spiro atoms. The molecule has 1 aromatic heterocycles. The number of piperazine rings is 1. The summed E-state index contributed by atoms with van der Waals surface area (Å²) in [7, 11) is 0. The fourth-order valence-corrected chi connectivity index (χ4v) is 4.42. The van der Waals surface area contributed by atoms with Crippen LogP contribution in [-0.4, -0.2) is 51.5 Å². The Balaban J connectivity index is 1.48. The number of phenolic OH excluding ortho intramolecular Hbond substituents is 4. The molecule has 5 rings (SSSR count). The van der Waals surface area contributed by atoms with Crippen LogP contribution in [0.25, 0.3) is 22.3 Å². The van der Waals surface area contributed by atoms with Crippen LogP contribution in [-0.2, 0) is 6.54 Å². The van der Waals surface area contributed by atoms with Gasteiger partial charge in [-0.1, -0.05) is 24.3 Å². The van der Waals surface area contributed by atoms with Crippen LogP contribution in [0.3, 0.4) is 0 Å². The van der Waals surface area contributed by atoms with Crippen LogP contribution >= 0.6 is 0 Å². The molecule has 34 heavy (non-hydrogen) atoms. The number of nitrogens with zero attached hydrogens (tertiary/aromatic N) is 2. The van der Waals surface area contributed by atoms with Gasteiger partial charge in [-0.15, -0.1) is 0 Å². The summed E-state index contributed by atoms with van der Waals surface area (Å²) in [5, 5.41) is 41.3. The van der Waals surface area contributed by atoms with E-state index in [1.54, 1.807) is 30.3 Å². The molecule has 1 saturated heterocycles. The van der Waals surface area contributed by atoms with E-state index in [0.717, 1.165) is 11.8 Å². The number of phenols is 4.